The van der Waals surface area contributed by atoms with Crippen LogP contribution in [0.1, 0.15) is 13.8 Å². The van der Waals surface area contributed by atoms with Crippen molar-refractivity contribution in [3.63, 3.8) is 0 Å². The van der Waals surface area contributed by atoms with Gasteiger partial charge in [0, 0.05) is 12.3 Å². The van der Waals surface area contributed by atoms with E-state index in [1.165, 1.54) is 0 Å². The number of hydrogen-bond acceptors (Lipinski definition) is 5. The Balaban J connectivity index is 3.94. The minimum atomic E-state index is -3.24. The van der Waals surface area contributed by atoms with Gasteiger partial charge in [0.1, 0.15) is 6.10 Å². The van der Waals surface area contributed by atoms with E-state index in [9.17, 15) is 13.2 Å². The molecule has 0 bridgehead atoms. The van der Waals surface area contributed by atoms with Crippen molar-refractivity contribution in [2.75, 3.05) is 18.6 Å². The third-order valence-corrected chi connectivity index (χ3v) is 2.87. The molecule has 0 amide bonds. The van der Waals surface area contributed by atoms with E-state index in [1.807, 2.05) is 0 Å². The molecule has 2 atom stereocenters. The fourth-order valence-electron chi connectivity index (χ4n) is 0.699. The van der Waals surface area contributed by atoms with Crippen LogP contribution in [-0.4, -0.2) is 39.0 Å². The summed E-state index contributed by atoms with van der Waals surface area (Å²) in [5.41, 5.74) is 0. The van der Waals surface area contributed by atoms with Gasteiger partial charge in [-0.05, 0) is 6.92 Å². The van der Waals surface area contributed by atoms with E-state index >= 15 is 0 Å². The Morgan fingerprint density at radius 3 is 2.40 bits per heavy atom. The minimum absolute atomic E-state index is 0.0872. The number of sulfonamides is 1. The predicted molar refractivity (Wildman–Crippen MR) is 61.4 cm³/mol. The summed E-state index contributed by atoms with van der Waals surface area (Å²) in [7, 11) is -3.24. The smallest absolute Gasteiger partial charge is 0.309 e. The molecule has 0 saturated heterocycles. The van der Waals surface area contributed by atoms with Crippen molar-refractivity contribution in [3.8, 4) is 0 Å². The number of rotatable bonds is 6. The Hall–Kier alpha value is -0.270. The Morgan fingerprint density at radius 1 is 1.47 bits per heavy atom. The standard InChI is InChI=1S/C8H17NO4S2/c1-6(5-14)8(10)13-7(2)4-9-15(3,11)12/h6-7,9,14H,4-5H2,1-3H3/t6-,7+/m1/s1. The second kappa shape index (κ2) is 6.34. The summed E-state index contributed by atoms with van der Waals surface area (Å²) in [5, 5.41) is 0. The molecule has 0 radical (unpaired) electrons. The van der Waals surface area contributed by atoms with E-state index in [0.29, 0.717) is 5.75 Å². The lowest BCUT2D eigenvalue weighted by atomic mass is 10.2. The number of hydrogen-bond donors (Lipinski definition) is 2. The Labute approximate surface area is 96.0 Å². The zero-order valence-corrected chi connectivity index (χ0v) is 10.8. The van der Waals surface area contributed by atoms with Gasteiger partial charge >= 0.3 is 5.97 Å². The lowest BCUT2D eigenvalue weighted by molar-refractivity contribution is -0.151. The lowest BCUT2D eigenvalue weighted by Crippen LogP contribution is -2.33. The second-order valence-electron chi connectivity index (χ2n) is 3.45. The molecule has 0 heterocycles. The number of nitrogens with one attached hydrogen (secondary N) is 1. The third-order valence-electron chi connectivity index (χ3n) is 1.63. The summed E-state index contributed by atoms with van der Waals surface area (Å²) in [6, 6.07) is 0. The zero-order chi connectivity index (χ0) is 12.1. The first-order chi connectivity index (χ1) is 6.76. The van der Waals surface area contributed by atoms with Crippen molar-refractivity contribution < 1.29 is 17.9 Å². The SMILES string of the molecule is C[C@H](CS)C(=O)O[C@@H](C)CNS(C)(=O)=O. The van der Waals surface area contributed by atoms with Crippen LogP contribution in [0, 0.1) is 5.92 Å². The Morgan fingerprint density at radius 2 is 2.00 bits per heavy atom. The van der Waals surface area contributed by atoms with Crippen LogP contribution in [0.25, 0.3) is 0 Å². The molecule has 0 aliphatic heterocycles. The molecule has 0 saturated carbocycles. The Kier molecular flexibility index (Phi) is 6.23. The Bertz CT molecular complexity index is 302. The molecular formula is C8H17NO4S2. The molecule has 0 aliphatic rings. The first kappa shape index (κ1) is 14.7. The van der Waals surface area contributed by atoms with Crippen LogP contribution < -0.4 is 4.72 Å². The number of carbonyl (C=O) groups is 1. The molecule has 0 fully saturated rings. The number of ether oxygens (including phenoxy) is 1. The van der Waals surface area contributed by atoms with E-state index < -0.39 is 16.1 Å². The van der Waals surface area contributed by atoms with Crippen molar-refractivity contribution >= 4 is 28.6 Å². The summed E-state index contributed by atoms with van der Waals surface area (Å²) in [5.74, 6) is -0.243. The number of esters is 1. The lowest BCUT2D eigenvalue weighted by Gasteiger charge is -2.15. The largest absolute Gasteiger partial charge is 0.461 e. The molecule has 0 aromatic rings. The highest BCUT2D eigenvalue weighted by Gasteiger charge is 2.16. The molecule has 0 rings (SSSR count). The van der Waals surface area contributed by atoms with Gasteiger partial charge < -0.3 is 4.74 Å². The van der Waals surface area contributed by atoms with Crippen molar-refractivity contribution in [3.05, 3.63) is 0 Å². The average molecular weight is 255 g/mol. The van der Waals surface area contributed by atoms with Gasteiger partial charge in [0.25, 0.3) is 0 Å². The van der Waals surface area contributed by atoms with E-state index in [-0.39, 0.29) is 18.4 Å². The van der Waals surface area contributed by atoms with Crippen LogP contribution in [-0.2, 0) is 19.6 Å². The summed E-state index contributed by atoms with van der Waals surface area (Å²) >= 11 is 3.96. The molecule has 0 aromatic heterocycles. The topological polar surface area (TPSA) is 72.5 Å². The molecule has 0 aromatic carbocycles. The maximum Gasteiger partial charge on any atom is 0.309 e. The van der Waals surface area contributed by atoms with E-state index in [0.717, 1.165) is 6.26 Å². The summed E-state index contributed by atoms with van der Waals surface area (Å²) in [4.78, 5) is 11.3. The highest BCUT2D eigenvalue weighted by molar-refractivity contribution is 7.88. The molecule has 0 aliphatic carbocycles. The monoisotopic (exact) mass is 255 g/mol. The molecule has 0 spiro atoms. The van der Waals surface area contributed by atoms with Gasteiger partial charge in [-0.1, -0.05) is 6.92 Å². The fourth-order valence-corrected chi connectivity index (χ4v) is 1.39. The molecular weight excluding hydrogens is 238 g/mol. The molecule has 15 heavy (non-hydrogen) atoms. The molecule has 0 unspecified atom stereocenters. The summed E-state index contributed by atoms with van der Waals surface area (Å²) in [6.07, 6.45) is 0.576. The highest BCUT2D eigenvalue weighted by atomic mass is 32.2. The van der Waals surface area contributed by atoms with Gasteiger partial charge in [-0.25, -0.2) is 13.1 Å². The van der Waals surface area contributed by atoms with Crippen molar-refractivity contribution in [1.29, 1.82) is 0 Å². The fraction of sp³-hybridized carbons (Fsp3) is 0.875. The van der Waals surface area contributed by atoms with Gasteiger partial charge in [0.15, 0.2) is 0 Å². The molecule has 7 heteroatoms. The van der Waals surface area contributed by atoms with Crippen LogP contribution in [0.4, 0.5) is 0 Å². The third kappa shape index (κ3) is 7.64. The van der Waals surface area contributed by atoms with Crippen LogP contribution >= 0.6 is 12.6 Å². The van der Waals surface area contributed by atoms with Crippen LogP contribution in [0.15, 0.2) is 0 Å². The first-order valence-corrected chi connectivity index (χ1v) is 7.04. The van der Waals surface area contributed by atoms with Crippen LogP contribution in [0.3, 0.4) is 0 Å². The normalized spacial score (nSPS) is 15.7. The van der Waals surface area contributed by atoms with Crippen LogP contribution in [0.5, 0.6) is 0 Å². The second-order valence-corrected chi connectivity index (χ2v) is 5.65. The summed E-state index contributed by atoms with van der Waals surface area (Å²) < 4.78 is 28.7. The first-order valence-electron chi connectivity index (χ1n) is 4.52. The zero-order valence-electron chi connectivity index (χ0n) is 9.06. The molecule has 90 valence electrons. The summed E-state index contributed by atoms with van der Waals surface area (Å²) in [6.45, 7) is 3.41. The predicted octanol–water partition coefficient (Wildman–Crippen LogP) is 0.0332. The van der Waals surface area contributed by atoms with Gasteiger partial charge in [0.2, 0.25) is 10.0 Å². The van der Waals surface area contributed by atoms with Gasteiger partial charge in [-0.2, -0.15) is 12.6 Å². The molecule has 1 N–H and O–H groups in total. The molecule has 5 nitrogen and oxygen atoms in total. The average Bonchev–Trinajstić information content (AvgIpc) is 2.12. The van der Waals surface area contributed by atoms with Crippen molar-refractivity contribution in [1.82, 2.24) is 4.72 Å². The maximum atomic E-state index is 11.3. The van der Waals surface area contributed by atoms with E-state index in [4.69, 9.17) is 4.74 Å². The number of carbonyl (C=O) groups excluding carboxylic acids is 1. The van der Waals surface area contributed by atoms with Crippen LogP contribution in [0.2, 0.25) is 0 Å². The van der Waals surface area contributed by atoms with Gasteiger partial charge in [-0.3, -0.25) is 4.79 Å². The van der Waals surface area contributed by atoms with Gasteiger partial charge in [0.05, 0.1) is 12.2 Å². The minimum Gasteiger partial charge on any atom is -0.461 e. The quantitative estimate of drug-likeness (QED) is 0.519. The maximum absolute atomic E-state index is 11.3. The van der Waals surface area contributed by atoms with Crippen molar-refractivity contribution in [2.24, 2.45) is 5.92 Å². The highest BCUT2D eigenvalue weighted by Crippen LogP contribution is 2.03. The number of thiol groups is 1. The van der Waals surface area contributed by atoms with Crippen molar-refractivity contribution in [2.45, 2.75) is 20.0 Å². The van der Waals surface area contributed by atoms with Gasteiger partial charge in [-0.15, -0.1) is 0 Å². The van der Waals surface area contributed by atoms with E-state index in [1.54, 1.807) is 13.8 Å². The van der Waals surface area contributed by atoms with E-state index in [2.05, 4.69) is 17.4 Å².